The maximum Gasteiger partial charge on any atom is 0.160 e. The highest BCUT2D eigenvalue weighted by Gasteiger charge is 2.34. The molecule has 4 nitrogen and oxygen atoms in total. The van der Waals surface area contributed by atoms with E-state index in [0.29, 0.717) is 12.2 Å². The zero-order chi connectivity index (χ0) is 13.3. The van der Waals surface area contributed by atoms with Crippen LogP contribution in [0, 0.1) is 11.8 Å². The molecule has 3 N–H and O–H groups in total. The second kappa shape index (κ2) is 5.16. The summed E-state index contributed by atoms with van der Waals surface area (Å²) in [6.45, 7) is 2.14. The van der Waals surface area contributed by atoms with Gasteiger partial charge in [0.2, 0.25) is 0 Å². The molecule has 0 amide bonds. The third kappa shape index (κ3) is 2.06. The van der Waals surface area contributed by atoms with Crippen LogP contribution in [0.25, 0.3) is 0 Å². The number of aliphatic hydroxyl groups is 2. The summed E-state index contributed by atoms with van der Waals surface area (Å²) in [5.74, 6) is 0.803. The van der Waals surface area contributed by atoms with Crippen molar-refractivity contribution in [3.63, 3.8) is 0 Å². The Balaban J connectivity index is 2.45. The topological polar surface area (TPSA) is 69.9 Å². The van der Waals surface area contributed by atoms with Gasteiger partial charge in [0, 0.05) is 13.2 Å². The van der Waals surface area contributed by atoms with Gasteiger partial charge in [0.05, 0.1) is 7.11 Å². The highest BCUT2D eigenvalue weighted by atomic mass is 16.5. The lowest BCUT2D eigenvalue weighted by atomic mass is 9.70. The van der Waals surface area contributed by atoms with E-state index in [2.05, 4.69) is 0 Å². The number of benzene rings is 1. The predicted molar refractivity (Wildman–Crippen MR) is 67.9 cm³/mol. The van der Waals surface area contributed by atoms with Crippen molar-refractivity contribution in [1.29, 1.82) is 0 Å². The van der Waals surface area contributed by atoms with Crippen LogP contribution in [0.4, 0.5) is 0 Å². The zero-order valence-electron chi connectivity index (χ0n) is 10.8. The van der Waals surface area contributed by atoms with Crippen LogP contribution < -0.4 is 4.74 Å². The van der Waals surface area contributed by atoms with Crippen molar-refractivity contribution >= 4 is 0 Å². The average Bonchev–Trinajstić information content (AvgIpc) is 2.38. The molecule has 0 heterocycles. The Kier molecular flexibility index (Phi) is 3.78. The van der Waals surface area contributed by atoms with E-state index in [1.165, 1.54) is 7.11 Å². The lowest BCUT2D eigenvalue weighted by molar-refractivity contribution is 0.0967. The maximum absolute atomic E-state index is 9.83. The van der Waals surface area contributed by atoms with E-state index >= 15 is 0 Å². The Morgan fingerprint density at radius 1 is 1.28 bits per heavy atom. The number of aromatic hydroxyl groups is 1. The monoisotopic (exact) mass is 252 g/mol. The molecule has 0 aromatic heterocycles. The lowest BCUT2D eigenvalue weighted by Gasteiger charge is -2.36. The minimum atomic E-state index is 0.0373. The van der Waals surface area contributed by atoms with E-state index in [1.54, 1.807) is 6.07 Å². The third-order valence-electron chi connectivity index (χ3n) is 4.11. The van der Waals surface area contributed by atoms with Crippen LogP contribution in [0.2, 0.25) is 0 Å². The first-order chi connectivity index (χ1) is 8.62. The number of methoxy groups -OCH3 is 1. The fourth-order valence-electron chi connectivity index (χ4n) is 2.97. The lowest BCUT2D eigenvalue weighted by Crippen LogP contribution is -2.33. The summed E-state index contributed by atoms with van der Waals surface area (Å²) >= 11 is 0. The second-order valence-electron chi connectivity index (χ2n) is 5.00. The van der Waals surface area contributed by atoms with Crippen molar-refractivity contribution in [1.82, 2.24) is 0 Å². The number of ether oxygens (including phenoxy) is 1. The van der Waals surface area contributed by atoms with Gasteiger partial charge in [0.1, 0.15) is 0 Å². The maximum atomic E-state index is 9.83. The van der Waals surface area contributed by atoms with E-state index in [0.717, 1.165) is 11.1 Å². The van der Waals surface area contributed by atoms with Crippen LogP contribution in [-0.4, -0.2) is 35.6 Å². The van der Waals surface area contributed by atoms with Gasteiger partial charge in [-0.05, 0) is 47.4 Å². The van der Waals surface area contributed by atoms with Gasteiger partial charge < -0.3 is 20.1 Å². The molecule has 100 valence electrons. The number of phenols is 1. The van der Waals surface area contributed by atoms with Gasteiger partial charge >= 0.3 is 0 Å². The first-order valence-electron chi connectivity index (χ1n) is 6.23. The molecule has 1 aliphatic rings. The fraction of sp³-hybridized carbons (Fsp3) is 0.571. The molecule has 3 atom stereocenters. The highest BCUT2D eigenvalue weighted by molar-refractivity contribution is 5.49. The molecule has 0 aliphatic heterocycles. The summed E-state index contributed by atoms with van der Waals surface area (Å²) in [6, 6.07) is 3.55. The molecule has 0 radical (unpaired) electrons. The van der Waals surface area contributed by atoms with Crippen molar-refractivity contribution < 1.29 is 20.1 Å². The summed E-state index contributed by atoms with van der Waals surface area (Å²) in [5.41, 5.74) is 2.12. The van der Waals surface area contributed by atoms with E-state index in [-0.39, 0.29) is 36.7 Å². The summed E-state index contributed by atoms with van der Waals surface area (Å²) in [4.78, 5) is 0. The average molecular weight is 252 g/mol. The molecule has 0 unspecified atom stereocenters. The van der Waals surface area contributed by atoms with Crippen molar-refractivity contribution in [3.8, 4) is 11.5 Å². The Morgan fingerprint density at radius 2 is 2.00 bits per heavy atom. The molecule has 0 saturated heterocycles. The van der Waals surface area contributed by atoms with Crippen LogP contribution in [-0.2, 0) is 6.42 Å². The van der Waals surface area contributed by atoms with Crippen molar-refractivity contribution in [2.45, 2.75) is 19.3 Å². The largest absolute Gasteiger partial charge is 0.504 e. The van der Waals surface area contributed by atoms with Crippen molar-refractivity contribution in [2.24, 2.45) is 11.8 Å². The molecule has 0 saturated carbocycles. The SMILES string of the molecule is COc1cc2c(cc1O)[C@H](C)[C@@H](CO)[C@H](CO)C2. The van der Waals surface area contributed by atoms with Gasteiger partial charge in [-0.2, -0.15) is 0 Å². The van der Waals surface area contributed by atoms with Crippen LogP contribution in [0.1, 0.15) is 24.0 Å². The van der Waals surface area contributed by atoms with Crippen LogP contribution in [0.3, 0.4) is 0 Å². The molecular formula is C14H20O4. The van der Waals surface area contributed by atoms with Gasteiger partial charge in [0.15, 0.2) is 11.5 Å². The quantitative estimate of drug-likeness (QED) is 0.758. The van der Waals surface area contributed by atoms with E-state index in [1.807, 2.05) is 13.0 Å². The number of hydrogen-bond donors (Lipinski definition) is 3. The highest BCUT2D eigenvalue weighted by Crippen LogP contribution is 2.43. The van der Waals surface area contributed by atoms with Crippen LogP contribution in [0.5, 0.6) is 11.5 Å². The minimum Gasteiger partial charge on any atom is -0.504 e. The summed E-state index contributed by atoms with van der Waals surface area (Å²) in [7, 11) is 1.52. The van der Waals surface area contributed by atoms with Crippen LogP contribution >= 0.6 is 0 Å². The smallest absolute Gasteiger partial charge is 0.160 e. The molecular weight excluding hydrogens is 232 g/mol. The number of rotatable bonds is 3. The molecule has 1 aromatic rings. The van der Waals surface area contributed by atoms with Crippen molar-refractivity contribution in [2.75, 3.05) is 20.3 Å². The standard InChI is InChI=1S/C14H20O4/c1-8-11-5-13(17)14(18-2)4-9(11)3-10(6-15)12(8)7-16/h4-5,8,10,12,15-17H,3,6-7H2,1-2H3/t8-,10-,12+/m0/s1. The Hall–Kier alpha value is -1.26. The molecule has 1 aromatic carbocycles. The van der Waals surface area contributed by atoms with Gasteiger partial charge in [-0.1, -0.05) is 6.92 Å². The Labute approximate surface area is 107 Å². The molecule has 18 heavy (non-hydrogen) atoms. The first kappa shape index (κ1) is 13.2. The van der Waals surface area contributed by atoms with E-state index < -0.39 is 0 Å². The van der Waals surface area contributed by atoms with Gasteiger partial charge in [-0.15, -0.1) is 0 Å². The molecule has 0 fully saturated rings. The molecule has 0 bridgehead atoms. The fourth-order valence-corrected chi connectivity index (χ4v) is 2.97. The van der Waals surface area contributed by atoms with Crippen LogP contribution in [0.15, 0.2) is 12.1 Å². The number of hydrogen-bond acceptors (Lipinski definition) is 4. The van der Waals surface area contributed by atoms with E-state index in [4.69, 9.17) is 4.74 Å². The number of aliphatic hydroxyl groups excluding tert-OH is 2. The van der Waals surface area contributed by atoms with Gasteiger partial charge in [-0.3, -0.25) is 0 Å². The molecule has 2 rings (SSSR count). The normalized spacial score (nSPS) is 26.8. The van der Waals surface area contributed by atoms with Gasteiger partial charge in [-0.25, -0.2) is 0 Å². The molecule has 4 heteroatoms. The van der Waals surface area contributed by atoms with Gasteiger partial charge in [0.25, 0.3) is 0 Å². The van der Waals surface area contributed by atoms with E-state index in [9.17, 15) is 15.3 Å². The molecule has 0 spiro atoms. The zero-order valence-corrected chi connectivity index (χ0v) is 10.8. The van der Waals surface area contributed by atoms with Crippen molar-refractivity contribution in [3.05, 3.63) is 23.3 Å². The first-order valence-corrected chi connectivity index (χ1v) is 6.23. The Morgan fingerprint density at radius 3 is 2.56 bits per heavy atom. The minimum absolute atomic E-state index is 0.0373. The third-order valence-corrected chi connectivity index (χ3v) is 4.11. The summed E-state index contributed by atoms with van der Waals surface area (Å²) in [5, 5.41) is 28.7. The summed E-state index contributed by atoms with van der Waals surface area (Å²) < 4.78 is 5.11. The summed E-state index contributed by atoms with van der Waals surface area (Å²) in [6.07, 6.45) is 0.706. The predicted octanol–water partition coefficient (Wildman–Crippen LogP) is 1.28. The Bertz CT molecular complexity index is 430. The second-order valence-corrected chi connectivity index (χ2v) is 5.00. The number of phenolic OH excluding ortho intramolecular Hbond substituents is 1. The number of fused-ring (bicyclic) bond motifs is 1. The molecule has 1 aliphatic carbocycles.